The third-order valence-corrected chi connectivity index (χ3v) is 2.94. The molecule has 1 saturated heterocycles. The average molecular weight is 282 g/mol. The average Bonchev–Trinajstić information content (AvgIpc) is 2.73. The van der Waals surface area contributed by atoms with Crippen LogP contribution in [-0.2, 0) is 18.3 Å². The first-order valence-corrected chi connectivity index (χ1v) is 6.77. The molecule has 1 amide bonds. The summed E-state index contributed by atoms with van der Waals surface area (Å²) in [6, 6.07) is 0. The van der Waals surface area contributed by atoms with Gasteiger partial charge in [0.05, 0.1) is 13.6 Å². The van der Waals surface area contributed by atoms with Gasteiger partial charge < -0.3 is 9.64 Å². The van der Waals surface area contributed by atoms with Crippen LogP contribution in [0.25, 0.3) is 0 Å². The second-order valence-corrected chi connectivity index (χ2v) is 5.94. The lowest BCUT2D eigenvalue weighted by Gasteiger charge is -2.35. The van der Waals surface area contributed by atoms with E-state index in [9.17, 15) is 4.79 Å². The molecule has 8 heteroatoms. The number of nitrogens with zero attached hydrogens (tertiary/aromatic N) is 6. The van der Waals surface area contributed by atoms with Crippen LogP contribution in [0.2, 0.25) is 0 Å². The molecular formula is C12H22N6O2. The lowest BCUT2D eigenvalue weighted by Crippen LogP contribution is -2.49. The topological polar surface area (TPSA) is 76.4 Å². The molecule has 0 bridgehead atoms. The molecule has 0 saturated carbocycles. The molecule has 1 fully saturated rings. The standard InChI is InChI=1S/C12H22N6O2/c1-12(2,3)20-11(19)18-7-5-17(6-8-18)9-10-13-15-16(4)14-10/h5-9H2,1-4H3. The van der Waals surface area contributed by atoms with Crippen molar-refractivity contribution in [2.24, 2.45) is 7.05 Å². The molecule has 0 atom stereocenters. The summed E-state index contributed by atoms with van der Waals surface area (Å²) in [5, 5.41) is 11.9. The first-order valence-electron chi connectivity index (χ1n) is 6.77. The molecule has 0 aliphatic carbocycles. The van der Waals surface area contributed by atoms with Crippen molar-refractivity contribution < 1.29 is 9.53 Å². The lowest BCUT2D eigenvalue weighted by atomic mass is 10.2. The number of carbonyl (C=O) groups is 1. The van der Waals surface area contributed by atoms with E-state index in [2.05, 4.69) is 20.3 Å². The van der Waals surface area contributed by atoms with Crippen LogP contribution < -0.4 is 0 Å². The first-order chi connectivity index (χ1) is 9.33. The molecule has 112 valence electrons. The maximum Gasteiger partial charge on any atom is 0.410 e. The summed E-state index contributed by atoms with van der Waals surface area (Å²) >= 11 is 0. The predicted octanol–water partition coefficient (Wildman–Crippen LogP) is 0.263. The number of piperazine rings is 1. The van der Waals surface area contributed by atoms with Gasteiger partial charge in [0, 0.05) is 26.2 Å². The zero-order valence-electron chi connectivity index (χ0n) is 12.5. The number of rotatable bonds is 2. The predicted molar refractivity (Wildman–Crippen MR) is 71.9 cm³/mol. The van der Waals surface area contributed by atoms with Crippen molar-refractivity contribution in [3.8, 4) is 0 Å². The van der Waals surface area contributed by atoms with Gasteiger partial charge in [0.1, 0.15) is 5.60 Å². The Morgan fingerprint density at radius 3 is 2.40 bits per heavy atom. The number of hydrogen-bond donors (Lipinski definition) is 0. The van der Waals surface area contributed by atoms with Crippen LogP contribution >= 0.6 is 0 Å². The normalized spacial score (nSPS) is 17.3. The molecule has 0 unspecified atom stereocenters. The fourth-order valence-electron chi connectivity index (χ4n) is 2.00. The second kappa shape index (κ2) is 5.74. The fraction of sp³-hybridized carbons (Fsp3) is 0.833. The highest BCUT2D eigenvalue weighted by Gasteiger charge is 2.26. The van der Waals surface area contributed by atoms with Crippen molar-refractivity contribution in [2.75, 3.05) is 26.2 Å². The van der Waals surface area contributed by atoms with Gasteiger partial charge in [-0.15, -0.1) is 10.2 Å². The van der Waals surface area contributed by atoms with Crippen LogP contribution in [-0.4, -0.2) is 67.9 Å². The highest BCUT2D eigenvalue weighted by Crippen LogP contribution is 2.12. The monoisotopic (exact) mass is 282 g/mol. The Hall–Kier alpha value is -1.70. The van der Waals surface area contributed by atoms with E-state index in [4.69, 9.17) is 4.74 Å². The molecule has 0 N–H and O–H groups in total. The number of ether oxygens (including phenoxy) is 1. The molecule has 1 aliphatic rings. The molecule has 1 aromatic rings. The highest BCUT2D eigenvalue weighted by atomic mass is 16.6. The molecule has 2 rings (SSSR count). The molecule has 2 heterocycles. The zero-order chi connectivity index (χ0) is 14.8. The van der Waals surface area contributed by atoms with Crippen LogP contribution in [0.3, 0.4) is 0 Å². The van der Waals surface area contributed by atoms with E-state index in [1.807, 2.05) is 20.8 Å². The fourth-order valence-corrected chi connectivity index (χ4v) is 2.00. The van der Waals surface area contributed by atoms with Crippen molar-refractivity contribution in [1.82, 2.24) is 30.0 Å². The minimum Gasteiger partial charge on any atom is -0.444 e. The van der Waals surface area contributed by atoms with E-state index in [1.54, 1.807) is 11.9 Å². The molecule has 0 aromatic carbocycles. The molecule has 8 nitrogen and oxygen atoms in total. The van der Waals surface area contributed by atoms with Crippen molar-refractivity contribution in [1.29, 1.82) is 0 Å². The highest BCUT2D eigenvalue weighted by molar-refractivity contribution is 5.68. The summed E-state index contributed by atoms with van der Waals surface area (Å²) in [6.07, 6.45) is -0.241. The maximum absolute atomic E-state index is 11.9. The Morgan fingerprint density at radius 2 is 1.90 bits per heavy atom. The third-order valence-electron chi connectivity index (χ3n) is 2.94. The van der Waals surface area contributed by atoms with Crippen molar-refractivity contribution in [3.63, 3.8) is 0 Å². The van der Waals surface area contributed by atoms with Crippen LogP contribution in [0.1, 0.15) is 26.6 Å². The SMILES string of the molecule is Cn1nnc(CN2CCN(C(=O)OC(C)(C)C)CC2)n1. The summed E-state index contributed by atoms with van der Waals surface area (Å²) in [5.74, 6) is 0.707. The van der Waals surface area contributed by atoms with Gasteiger partial charge in [0.2, 0.25) is 0 Å². The van der Waals surface area contributed by atoms with Gasteiger partial charge in [-0.2, -0.15) is 4.80 Å². The maximum atomic E-state index is 11.9. The van der Waals surface area contributed by atoms with Crippen molar-refractivity contribution in [2.45, 2.75) is 32.9 Å². The van der Waals surface area contributed by atoms with Gasteiger partial charge in [0.25, 0.3) is 0 Å². The van der Waals surface area contributed by atoms with E-state index in [0.717, 1.165) is 13.1 Å². The number of aromatic nitrogens is 4. The van der Waals surface area contributed by atoms with Gasteiger partial charge in [0.15, 0.2) is 5.82 Å². The molecule has 0 spiro atoms. The van der Waals surface area contributed by atoms with Gasteiger partial charge in [-0.05, 0) is 26.0 Å². The third kappa shape index (κ3) is 4.16. The summed E-state index contributed by atoms with van der Waals surface area (Å²) in [5.41, 5.74) is -0.447. The Bertz CT molecular complexity index is 459. The molecule has 0 radical (unpaired) electrons. The van der Waals surface area contributed by atoms with Crippen LogP contribution in [0.5, 0.6) is 0 Å². The number of hydrogen-bond acceptors (Lipinski definition) is 6. The molecule has 20 heavy (non-hydrogen) atoms. The van der Waals surface area contributed by atoms with E-state index >= 15 is 0 Å². The Balaban J connectivity index is 1.79. The minimum absolute atomic E-state index is 0.241. The Labute approximate surface area is 118 Å². The summed E-state index contributed by atoms with van der Waals surface area (Å²) in [6.45, 7) is 9.19. The quantitative estimate of drug-likeness (QED) is 0.774. The number of carbonyl (C=O) groups excluding carboxylic acids is 1. The van der Waals surface area contributed by atoms with Gasteiger partial charge >= 0.3 is 6.09 Å². The van der Waals surface area contributed by atoms with E-state index < -0.39 is 5.60 Å². The largest absolute Gasteiger partial charge is 0.444 e. The summed E-state index contributed by atoms with van der Waals surface area (Å²) < 4.78 is 5.36. The van der Waals surface area contributed by atoms with E-state index in [1.165, 1.54) is 4.80 Å². The van der Waals surface area contributed by atoms with Crippen LogP contribution in [0.4, 0.5) is 4.79 Å². The van der Waals surface area contributed by atoms with E-state index in [-0.39, 0.29) is 6.09 Å². The second-order valence-electron chi connectivity index (χ2n) is 5.94. The van der Waals surface area contributed by atoms with Crippen molar-refractivity contribution in [3.05, 3.63) is 5.82 Å². The molecule has 1 aromatic heterocycles. The lowest BCUT2D eigenvalue weighted by molar-refractivity contribution is 0.0137. The zero-order valence-corrected chi connectivity index (χ0v) is 12.5. The van der Waals surface area contributed by atoms with Crippen molar-refractivity contribution >= 4 is 6.09 Å². The smallest absolute Gasteiger partial charge is 0.410 e. The molecule has 1 aliphatic heterocycles. The Kier molecular flexibility index (Phi) is 4.22. The van der Waals surface area contributed by atoms with Gasteiger partial charge in [-0.1, -0.05) is 0 Å². The number of amides is 1. The van der Waals surface area contributed by atoms with E-state index in [0.29, 0.717) is 25.5 Å². The van der Waals surface area contributed by atoms with Gasteiger partial charge in [-0.3, -0.25) is 4.90 Å². The Morgan fingerprint density at radius 1 is 1.25 bits per heavy atom. The van der Waals surface area contributed by atoms with Crippen LogP contribution in [0.15, 0.2) is 0 Å². The minimum atomic E-state index is -0.447. The number of aryl methyl sites for hydroxylation is 1. The van der Waals surface area contributed by atoms with Crippen LogP contribution in [0, 0.1) is 0 Å². The summed E-state index contributed by atoms with van der Waals surface area (Å²) in [7, 11) is 1.75. The summed E-state index contributed by atoms with van der Waals surface area (Å²) in [4.78, 5) is 17.3. The molecular weight excluding hydrogens is 260 g/mol. The first kappa shape index (κ1) is 14.7. The number of tetrazole rings is 1. The van der Waals surface area contributed by atoms with Gasteiger partial charge in [-0.25, -0.2) is 4.79 Å².